The molecule has 0 aliphatic rings. The highest BCUT2D eigenvalue weighted by Crippen LogP contribution is 2.20. The van der Waals surface area contributed by atoms with Crippen LogP contribution in [0.5, 0.6) is 0 Å². The van der Waals surface area contributed by atoms with Gasteiger partial charge in [0, 0.05) is 19.8 Å². The number of rotatable bonds is 5. The van der Waals surface area contributed by atoms with Gasteiger partial charge in [0.1, 0.15) is 17.5 Å². The summed E-state index contributed by atoms with van der Waals surface area (Å²) in [6.45, 7) is 6.00. The largest absolute Gasteiger partial charge is 0.349 e. The third kappa shape index (κ3) is 3.92. The monoisotopic (exact) mass is 386 g/mol. The summed E-state index contributed by atoms with van der Waals surface area (Å²) in [5.74, 6) is -0.835. The third-order valence-corrected chi connectivity index (χ3v) is 4.38. The van der Waals surface area contributed by atoms with E-state index in [1.165, 1.54) is 23.4 Å². The fourth-order valence-corrected chi connectivity index (χ4v) is 2.63. The van der Waals surface area contributed by atoms with Crippen LogP contribution in [0.1, 0.15) is 41.7 Å². The van der Waals surface area contributed by atoms with E-state index < -0.39 is 17.9 Å². The van der Waals surface area contributed by atoms with Crippen molar-refractivity contribution < 1.29 is 9.59 Å². The molecule has 0 saturated carbocycles. The number of nitrogens with one attached hydrogen (secondary N) is 4. The summed E-state index contributed by atoms with van der Waals surface area (Å²) in [4.78, 5) is 53.9. The Morgan fingerprint density at radius 1 is 1.21 bits per heavy atom. The van der Waals surface area contributed by atoms with Gasteiger partial charge in [-0.15, -0.1) is 0 Å². The first kappa shape index (κ1) is 19.3. The highest BCUT2D eigenvalue weighted by atomic mass is 16.2. The zero-order chi connectivity index (χ0) is 20.5. The Balaban J connectivity index is 1.73. The summed E-state index contributed by atoms with van der Waals surface area (Å²) in [6.07, 6.45) is 4.13. The number of carbonyl (C=O) groups excluding carboxylic acids is 2. The summed E-state index contributed by atoms with van der Waals surface area (Å²) in [7, 11) is 1.55. The van der Waals surface area contributed by atoms with Crippen molar-refractivity contribution in [2.75, 3.05) is 6.54 Å². The number of hydrogen-bond donors (Lipinski definition) is 4. The molecule has 0 bridgehead atoms. The van der Waals surface area contributed by atoms with Gasteiger partial charge in [-0.3, -0.25) is 9.59 Å². The normalized spacial score (nSPS) is 12.7. The second-order valence-corrected chi connectivity index (χ2v) is 7.51. The Bertz CT molecular complexity index is 1070. The summed E-state index contributed by atoms with van der Waals surface area (Å²) in [6, 6.07) is -0.396. The Morgan fingerprint density at radius 2 is 1.96 bits per heavy atom. The fourth-order valence-electron chi connectivity index (χ4n) is 2.63. The molecule has 28 heavy (non-hydrogen) atoms. The van der Waals surface area contributed by atoms with Gasteiger partial charge in [0.2, 0.25) is 0 Å². The van der Waals surface area contributed by atoms with Crippen molar-refractivity contribution >= 4 is 23.0 Å². The van der Waals surface area contributed by atoms with Gasteiger partial charge in [0.05, 0.1) is 12.4 Å². The van der Waals surface area contributed by atoms with Crippen LogP contribution < -0.4 is 16.3 Å². The summed E-state index contributed by atoms with van der Waals surface area (Å²) in [5, 5.41) is 5.65. The van der Waals surface area contributed by atoms with Crippen molar-refractivity contribution in [1.82, 2.24) is 40.1 Å². The van der Waals surface area contributed by atoms with Crippen molar-refractivity contribution in [2.24, 2.45) is 12.5 Å². The Labute approximate surface area is 160 Å². The molecule has 0 aliphatic carbocycles. The molecule has 2 amide bonds. The maximum Gasteiger partial charge on any atom is 0.325 e. The predicted molar refractivity (Wildman–Crippen MR) is 101 cm³/mol. The number of amides is 2. The first-order chi connectivity index (χ1) is 13.2. The molecular formula is C17H22N8O3. The lowest BCUT2D eigenvalue weighted by Gasteiger charge is -2.31. The lowest BCUT2D eigenvalue weighted by molar-refractivity contribution is 0.0867. The van der Waals surface area contributed by atoms with Crippen LogP contribution in [0, 0.1) is 5.41 Å². The molecule has 0 saturated heterocycles. The Kier molecular flexibility index (Phi) is 4.99. The van der Waals surface area contributed by atoms with Crippen LogP contribution in [-0.2, 0) is 7.05 Å². The summed E-state index contributed by atoms with van der Waals surface area (Å²) >= 11 is 0. The molecule has 0 aromatic carbocycles. The minimum absolute atomic E-state index is 0.154. The molecule has 1 unspecified atom stereocenters. The summed E-state index contributed by atoms with van der Waals surface area (Å²) in [5.41, 5.74) is 0.440. The van der Waals surface area contributed by atoms with E-state index in [1.54, 1.807) is 7.05 Å². The molecule has 3 aromatic heterocycles. The molecule has 0 fully saturated rings. The number of nitrogens with zero attached hydrogens (tertiary/aromatic N) is 4. The minimum atomic E-state index is -0.431. The number of aromatic amines is 2. The molecular weight excluding hydrogens is 364 g/mol. The van der Waals surface area contributed by atoms with E-state index >= 15 is 0 Å². The van der Waals surface area contributed by atoms with E-state index in [2.05, 4.69) is 35.6 Å². The number of aromatic nitrogens is 6. The number of imidazole rings is 2. The lowest BCUT2D eigenvalue weighted by atomic mass is 9.86. The molecule has 0 spiro atoms. The maximum absolute atomic E-state index is 12.8. The Hall–Kier alpha value is -3.50. The lowest BCUT2D eigenvalue weighted by Crippen LogP contribution is -2.51. The number of fused-ring (bicyclic) bond motifs is 1. The van der Waals surface area contributed by atoms with E-state index in [-0.39, 0.29) is 29.0 Å². The van der Waals surface area contributed by atoms with Gasteiger partial charge in [-0.2, -0.15) is 0 Å². The zero-order valence-electron chi connectivity index (χ0n) is 16.0. The van der Waals surface area contributed by atoms with Crippen molar-refractivity contribution in [1.29, 1.82) is 0 Å². The van der Waals surface area contributed by atoms with Crippen LogP contribution in [0.15, 0.2) is 23.6 Å². The molecule has 1 atom stereocenters. The maximum atomic E-state index is 12.8. The first-order valence-electron chi connectivity index (χ1n) is 8.65. The van der Waals surface area contributed by atoms with Gasteiger partial charge in [-0.25, -0.2) is 19.7 Å². The van der Waals surface area contributed by atoms with Crippen LogP contribution in [0.3, 0.4) is 0 Å². The molecule has 11 nitrogen and oxygen atoms in total. The average Bonchev–Trinajstić information content (AvgIpc) is 3.23. The fraction of sp³-hybridized carbons (Fsp3) is 0.412. The second-order valence-electron chi connectivity index (χ2n) is 7.51. The van der Waals surface area contributed by atoms with Crippen molar-refractivity contribution in [3.8, 4) is 0 Å². The minimum Gasteiger partial charge on any atom is -0.349 e. The molecule has 11 heteroatoms. The predicted octanol–water partition coefficient (Wildman–Crippen LogP) is -0.0458. The number of hydrogen-bond acceptors (Lipinski definition) is 6. The highest BCUT2D eigenvalue weighted by molar-refractivity contribution is 6.02. The molecule has 3 heterocycles. The molecule has 0 aliphatic heterocycles. The Morgan fingerprint density at radius 3 is 2.61 bits per heavy atom. The third-order valence-electron chi connectivity index (χ3n) is 4.38. The van der Waals surface area contributed by atoms with Gasteiger partial charge in [-0.1, -0.05) is 20.8 Å². The van der Waals surface area contributed by atoms with Crippen molar-refractivity contribution in [3.63, 3.8) is 0 Å². The molecule has 3 rings (SSSR count). The molecule has 148 valence electrons. The van der Waals surface area contributed by atoms with Crippen molar-refractivity contribution in [3.05, 3.63) is 40.7 Å². The molecule has 3 aromatic rings. The van der Waals surface area contributed by atoms with Crippen molar-refractivity contribution in [2.45, 2.75) is 26.8 Å². The van der Waals surface area contributed by atoms with E-state index in [9.17, 15) is 14.4 Å². The number of carbonyl (C=O) groups is 2. The zero-order valence-corrected chi connectivity index (χ0v) is 16.0. The van der Waals surface area contributed by atoms with E-state index in [4.69, 9.17) is 0 Å². The van der Waals surface area contributed by atoms with Crippen LogP contribution >= 0.6 is 0 Å². The second kappa shape index (κ2) is 7.25. The van der Waals surface area contributed by atoms with E-state index in [1.807, 2.05) is 20.8 Å². The summed E-state index contributed by atoms with van der Waals surface area (Å²) < 4.78 is 1.28. The van der Waals surface area contributed by atoms with Gasteiger partial charge in [0.25, 0.3) is 11.8 Å². The number of H-pyrrole nitrogens is 2. The smallest absolute Gasteiger partial charge is 0.325 e. The van der Waals surface area contributed by atoms with Crippen LogP contribution in [0.4, 0.5) is 0 Å². The number of aryl methyl sites for hydroxylation is 1. The van der Waals surface area contributed by atoms with Crippen LogP contribution in [0.2, 0.25) is 0 Å². The van der Waals surface area contributed by atoms with Gasteiger partial charge in [0.15, 0.2) is 11.3 Å². The highest BCUT2D eigenvalue weighted by Gasteiger charge is 2.28. The van der Waals surface area contributed by atoms with Crippen LogP contribution in [-0.4, -0.2) is 53.9 Å². The topological polar surface area (TPSA) is 150 Å². The quantitative estimate of drug-likeness (QED) is 0.483. The standard InChI is InChI=1S/C17H22N8O3/c1-17(2,3)10(5-18-14(26)9-6-25(4)16(28)23-9)24-15(27)12-11-13(21-7-19-11)22-8-20-12/h6-8,10H,5H2,1-4H3,(H,18,26)(H,23,28)(H,24,27)(H,19,20,21,22). The van der Waals surface area contributed by atoms with E-state index in [0.29, 0.717) is 11.2 Å². The van der Waals surface area contributed by atoms with E-state index in [0.717, 1.165) is 0 Å². The van der Waals surface area contributed by atoms with Gasteiger partial charge in [-0.05, 0) is 5.41 Å². The van der Waals surface area contributed by atoms with Crippen LogP contribution in [0.25, 0.3) is 11.2 Å². The SMILES string of the molecule is Cn1cc(C(=O)NCC(NC(=O)c2ncnc3nc[nH]c23)C(C)(C)C)[nH]c1=O. The molecule has 4 N–H and O–H groups in total. The average molecular weight is 386 g/mol. The van der Waals surface area contributed by atoms with Gasteiger partial charge >= 0.3 is 5.69 Å². The van der Waals surface area contributed by atoms with Gasteiger partial charge < -0.3 is 25.2 Å². The first-order valence-corrected chi connectivity index (χ1v) is 8.65. The molecule has 0 radical (unpaired) electrons.